The average molecular weight is 401 g/mol. The van der Waals surface area contributed by atoms with Crippen molar-refractivity contribution < 1.29 is 14.4 Å². The van der Waals surface area contributed by atoms with Crippen LogP contribution in [0.25, 0.3) is 0 Å². The summed E-state index contributed by atoms with van der Waals surface area (Å²) in [6, 6.07) is 14.2. The van der Waals surface area contributed by atoms with E-state index in [0.29, 0.717) is 15.7 Å². The highest BCUT2D eigenvalue weighted by atomic mass is 79.9. The van der Waals surface area contributed by atoms with Crippen LogP contribution < -0.4 is 9.80 Å². The Kier molecular flexibility index (Phi) is 4.72. The lowest BCUT2D eigenvalue weighted by Crippen LogP contribution is -2.45. The molecule has 1 aliphatic rings. The van der Waals surface area contributed by atoms with E-state index in [4.69, 9.17) is 0 Å². The van der Waals surface area contributed by atoms with E-state index in [0.717, 1.165) is 5.69 Å². The number of benzene rings is 2. The van der Waals surface area contributed by atoms with Gasteiger partial charge in [0.25, 0.3) is 11.7 Å². The SMILES string of the molecule is CC(C)N(C(=O)CN1C(=O)C(=O)c2cc(Br)ccc21)c1ccccc1. The number of hydrogen-bond acceptors (Lipinski definition) is 3. The Labute approximate surface area is 154 Å². The zero-order valence-corrected chi connectivity index (χ0v) is 15.5. The molecule has 0 unspecified atom stereocenters. The minimum atomic E-state index is -0.668. The summed E-state index contributed by atoms with van der Waals surface area (Å²) in [5.41, 5.74) is 1.56. The zero-order valence-electron chi connectivity index (χ0n) is 13.9. The third kappa shape index (κ3) is 3.22. The summed E-state index contributed by atoms with van der Waals surface area (Å²) in [4.78, 5) is 40.3. The Morgan fingerprint density at radius 2 is 1.80 bits per heavy atom. The van der Waals surface area contributed by atoms with Gasteiger partial charge >= 0.3 is 0 Å². The van der Waals surface area contributed by atoms with Crippen LogP contribution in [-0.4, -0.2) is 30.2 Å². The number of Topliss-reactive ketones (excluding diaryl/α,β-unsaturated/α-hetero) is 1. The summed E-state index contributed by atoms with van der Waals surface area (Å²) in [6.07, 6.45) is 0. The molecule has 1 heterocycles. The highest BCUT2D eigenvalue weighted by molar-refractivity contribution is 9.10. The van der Waals surface area contributed by atoms with E-state index in [-0.39, 0.29) is 18.5 Å². The average Bonchev–Trinajstić information content (AvgIpc) is 2.80. The van der Waals surface area contributed by atoms with Crippen molar-refractivity contribution in [1.82, 2.24) is 0 Å². The Hall–Kier alpha value is -2.47. The summed E-state index contributed by atoms with van der Waals surface area (Å²) in [5, 5.41) is 0. The van der Waals surface area contributed by atoms with Crippen molar-refractivity contribution >= 4 is 44.9 Å². The highest BCUT2D eigenvalue weighted by Gasteiger charge is 2.38. The number of halogens is 1. The fourth-order valence-electron chi connectivity index (χ4n) is 2.96. The molecular formula is C19H17BrN2O3. The number of para-hydroxylation sites is 1. The summed E-state index contributed by atoms with van der Waals surface area (Å²) in [7, 11) is 0. The lowest BCUT2D eigenvalue weighted by molar-refractivity contribution is -0.120. The van der Waals surface area contributed by atoms with Crippen LogP contribution >= 0.6 is 15.9 Å². The van der Waals surface area contributed by atoms with Gasteiger partial charge in [-0.05, 0) is 44.2 Å². The first-order valence-corrected chi connectivity index (χ1v) is 8.72. The molecule has 3 rings (SSSR count). The lowest BCUT2D eigenvalue weighted by atomic mass is 10.1. The minimum absolute atomic E-state index is 0.0762. The molecule has 0 aliphatic carbocycles. The molecule has 5 nitrogen and oxygen atoms in total. The molecule has 0 atom stereocenters. The summed E-state index contributed by atoms with van der Waals surface area (Å²) < 4.78 is 0.716. The molecule has 0 saturated heterocycles. The van der Waals surface area contributed by atoms with Crippen molar-refractivity contribution in [3.63, 3.8) is 0 Å². The van der Waals surface area contributed by atoms with Crippen molar-refractivity contribution in [2.75, 3.05) is 16.3 Å². The van der Waals surface area contributed by atoms with Gasteiger partial charge in [0.15, 0.2) is 0 Å². The van der Waals surface area contributed by atoms with Crippen molar-refractivity contribution in [2.24, 2.45) is 0 Å². The van der Waals surface area contributed by atoms with Crippen LogP contribution in [0.15, 0.2) is 53.0 Å². The summed E-state index contributed by atoms with van der Waals surface area (Å²) in [6.45, 7) is 3.64. The van der Waals surface area contributed by atoms with Crippen LogP contribution in [0.5, 0.6) is 0 Å². The van der Waals surface area contributed by atoms with Gasteiger partial charge in [0.2, 0.25) is 5.91 Å². The molecule has 2 aromatic rings. The van der Waals surface area contributed by atoms with E-state index >= 15 is 0 Å². The number of nitrogens with zero attached hydrogens (tertiary/aromatic N) is 2. The van der Waals surface area contributed by atoms with Crippen molar-refractivity contribution in [2.45, 2.75) is 19.9 Å². The molecule has 2 amide bonds. The molecule has 1 aliphatic heterocycles. The van der Waals surface area contributed by atoms with Gasteiger partial charge in [-0.3, -0.25) is 19.3 Å². The Balaban J connectivity index is 1.90. The quantitative estimate of drug-likeness (QED) is 0.738. The third-order valence-corrected chi connectivity index (χ3v) is 4.54. The molecule has 0 fully saturated rings. The van der Waals surface area contributed by atoms with Gasteiger partial charge in [0.05, 0.1) is 11.3 Å². The maximum atomic E-state index is 12.9. The first kappa shape index (κ1) is 17.4. The normalized spacial score (nSPS) is 13.4. The van der Waals surface area contributed by atoms with Crippen molar-refractivity contribution in [1.29, 1.82) is 0 Å². The molecule has 0 radical (unpaired) electrons. The summed E-state index contributed by atoms with van der Waals surface area (Å²) >= 11 is 3.30. The molecule has 25 heavy (non-hydrogen) atoms. The second-order valence-corrected chi connectivity index (χ2v) is 6.99. The minimum Gasteiger partial charge on any atom is -0.308 e. The van der Waals surface area contributed by atoms with Gasteiger partial charge in [-0.2, -0.15) is 0 Å². The standard InChI is InChI=1S/C19H17BrN2O3/c1-12(2)22(14-6-4-3-5-7-14)17(23)11-21-16-9-8-13(20)10-15(16)18(24)19(21)25/h3-10,12H,11H2,1-2H3. The number of hydrogen-bond donors (Lipinski definition) is 0. The van der Waals surface area contributed by atoms with Crippen LogP contribution in [0.1, 0.15) is 24.2 Å². The number of amides is 2. The van der Waals surface area contributed by atoms with Gasteiger partial charge < -0.3 is 4.90 Å². The van der Waals surface area contributed by atoms with E-state index in [1.807, 2.05) is 44.2 Å². The van der Waals surface area contributed by atoms with E-state index in [2.05, 4.69) is 15.9 Å². The molecular weight excluding hydrogens is 384 g/mol. The molecule has 0 N–H and O–H groups in total. The molecule has 0 spiro atoms. The number of anilines is 2. The van der Waals surface area contributed by atoms with E-state index in [1.165, 1.54) is 4.90 Å². The first-order chi connectivity index (χ1) is 11.9. The Morgan fingerprint density at radius 1 is 1.12 bits per heavy atom. The molecule has 0 aromatic heterocycles. The topological polar surface area (TPSA) is 57.7 Å². The summed E-state index contributed by atoms with van der Waals surface area (Å²) in [5.74, 6) is -1.49. The van der Waals surface area contributed by atoms with E-state index in [9.17, 15) is 14.4 Å². The second kappa shape index (κ2) is 6.80. The van der Waals surface area contributed by atoms with Crippen molar-refractivity contribution in [3.8, 4) is 0 Å². The number of carbonyl (C=O) groups excluding carboxylic acids is 3. The maximum absolute atomic E-state index is 12.9. The lowest BCUT2D eigenvalue weighted by Gasteiger charge is -2.29. The number of ketones is 1. The fraction of sp³-hybridized carbons (Fsp3) is 0.211. The molecule has 2 aromatic carbocycles. The fourth-order valence-corrected chi connectivity index (χ4v) is 3.32. The van der Waals surface area contributed by atoms with Gasteiger partial charge in [0, 0.05) is 16.2 Å². The molecule has 6 heteroatoms. The van der Waals surface area contributed by atoms with Crippen molar-refractivity contribution in [3.05, 3.63) is 58.6 Å². The first-order valence-electron chi connectivity index (χ1n) is 7.93. The Bertz CT molecular complexity index is 849. The zero-order chi connectivity index (χ0) is 18.1. The molecule has 0 bridgehead atoms. The van der Waals surface area contributed by atoms with Gasteiger partial charge in [-0.25, -0.2) is 0 Å². The maximum Gasteiger partial charge on any atom is 0.299 e. The number of fused-ring (bicyclic) bond motifs is 1. The van der Waals surface area contributed by atoms with Crippen LogP contribution in [0.3, 0.4) is 0 Å². The van der Waals surface area contributed by atoms with Crippen LogP contribution in [0.2, 0.25) is 0 Å². The number of rotatable bonds is 4. The number of carbonyl (C=O) groups is 3. The predicted octanol–water partition coefficient (Wildman–Crippen LogP) is 3.42. The van der Waals surface area contributed by atoms with Gasteiger partial charge in [-0.1, -0.05) is 34.1 Å². The third-order valence-electron chi connectivity index (χ3n) is 4.05. The van der Waals surface area contributed by atoms with Crippen LogP contribution in [0.4, 0.5) is 11.4 Å². The van der Waals surface area contributed by atoms with Gasteiger partial charge in [-0.15, -0.1) is 0 Å². The molecule has 0 saturated carbocycles. The van der Waals surface area contributed by atoms with Crippen LogP contribution in [0, 0.1) is 0 Å². The molecule has 128 valence electrons. The monoisotopic (exact) mass is 400 g/mol. The van der Waals surface area contributed by atoms with Gasteiger partial charge in [0.1, 0.15) is 6.54 Å². The predicted molar refractivity (Wildman–Crippen MR) is 99.9 cm³/mol. The Morgan fingerprint density at radius 3 is 2.44 bits per heavy atom. The van der Waals surface area contributed by atoms with E-state index in [1.54, 1.807) is 23.1 Å². The van der Waals surface area contributed by atoms with Crippen LogP contribution in [-0.2, 0) is 9.59 Å². The van der Waals surface area contributed by atoms with E-state index < -0.39 is 11.7 Å². The second-order valence-electron chi connectivity index (χ2n) is 6.07. The smallest absolute Gasteiger partial charge is 0.299 e. The highest BCUT2D eigenvalue weighted by Crippen LogP contribution is 2.31. The largest absolute Gasteiger partial charge is 0.308 e.